The van der Waals surface area contributed by atoms with Crippen LogP contribution in [0, 0.1) is 20.2 Å². The number of nitro groups is 2. The zero-order valence-electron chi connectivity index (χ0n) is 13.1. The number of hydrogen-bond acceptors (Lipinski definition) is 5. The van der Waals surface area contributed by atoms with E-state index in [0.29, 0.717) is 25.6 Å². The van der Waals surface area contributed by atoms with Gasteiger partial charge in [0.2, 0.25) is 0 Å². The second-order valence-electron chi connectivity index (χ2n) is 5.42. The summed E-state index contributed by atoms with van der Waals surface area (Å²) in [6.45, 7) is 0.189. The van der Waals surface area contributed by atoms with E-state index in [1.54, 1.807) is 24.3 Å². The van der Waals surface area contributed by atoms with Gasteiger partial charge < -0.3 is 5.32 Å². The molecule has 0 heterocycles. The highest BCUT2D eigenvalue weighted by atomic mass is 79.9. The van der Waals surface area contributed by atoms with Crippen LogP contribution in [0.1, 0.15) is 5.56 Å². The molecule has 3 aromatic carbocycles. The quantitative estimate of drug-likeness (QED) is 0.368. The molecule has 0 atom stereocenters. The Bertz CT molecular complexity index is 1040. The molecule has 1 N–H and O–H groups in total. The number of rotatable bonds is 5. The summed E-state index contributed by atoms with van der Waals surface area (Å²) in [7, 11) is 0. The topological polar surface area (TPSA) is 98.3 Å². The molecule has 26 heavy (non-hydrogen) atoms. The van der Waals surface area contributed by atoms with Gasteiger partial charge in [-0.25, -0.2) is 0 Å². The number of hydrogen-bond donors (Lipinski definition) is 1. The van der Waals surface area contributed by atoms with Crippen LogP contribution in [-0.4, -0.2) is 9.85 Å². The van der Waals surface area contributed by atoms with Gasteiger partial charge in [0.05, 0.1) is 9.85 Å². The lowest BCUT2D eigenvalue weighted by molar-refractivity contribution is -0.385. The SMILES string of the molecule is O=[N+]([O-])c1cccc(CNc2c([N+](=O)[O-])cc(Br)c3ccccc23)c1Br. The minimum atomic E-state index is -0.481. The fourth-order valence-electron chi connectivity index (χ4n) is 2.67. The summed E-state index contributed by atoms with van der Waals surface area (Å²) < 4.78 is 0.975. The molecule has 0 unspecified atom stereocenters. The normalized spacial score (nSPS) is 10.7. The largest absolute Gasteiger partial charge is 0.375 e. The van der Waals surface area contributed by atoms with E-state index in [4.69, 9.17) is 0 Å². The second kappa shape index (κ2) is 7.38. The first-order valence-electron chi connectivity index (χ1n) is 7.41. The molecule has 0 aromatic heterocycles. The van der Waals surface area contributed by atoms with Gasteiger partial charge in [0, 0.05) is 28.5 Å². The molecule has 0 aliphatic heterocycles. The average Bonchev–Trinajstić information content (AvgIpc) is 2.61. The average molecular weight is 481 g/mol. The Labute approximate surface area is 164 Å². The third kappa shape index (κ3) is 3.40. The van der Waals surface area contributed by atoms with E-state index in [9.17, 15) is 20.2 Å². The summed E-state index contributed by atoms with van der Waals surface area (Å²) in [5, 5.41) is 27.1. The monoisotopic (exact) mass is 479 g/mol. The zero-order chi connectivity index (χ0) is 18.8. The van der Waals surface area contributed by atoms with Gasteiger partial charge in [-0.2, -0.15) is 0 Å². The van der Waals surface area contributed by atoms with Crippen molar-refractivity contribution in [3.63, 3.8) is 0 Å². The van der Waals surface area contributed by atoms with E-state index < -0.39 is 9.85 Å². The molecule has 0 bridgehead atoms. The number of halogens is 2. The predicted molar refractivity (Wildman–Crippen MR) is 106 cm³/mol. The molecule has 0 spiro atoms. The van der Waals surface area contributed by atoms with Crippen molar-refractivity contribution >= 4 is 59.7 Å². The smallest absolute Gasteiger partial charge is 0.294 e. The van der Waals surface area contributed by atoms with Crippen molar-refractivity contribution in [2.75, 3.05) is 5.32 Å². The summed E-state index contributed by atoms with van der Waals surface area (Å²) in [5.74, 6) is 0. The molecular formula is C17H11Br2N3O4. The van der Waals surface area contributed by atoms with Crippen LogP contribution in [0.25, 0.3) is 10.8 Å². The minimum Gasteiger partial charge on any atom is -0.375 e. The molecule has 7 nitrogen and oxygen atoms in total. The summed E-state index contributed by atoms with van der Waals surface area (Å²) in [5.41, 5.74) is 0.865. The van der Waals surface area contributed by atoms with Gasteiger partial charge in [0.1, 0.15) is 10.2 Å². The molecule has 0 radical (unpaired) electrons. The Kier molecular flexibility index (Phi) is 5.19. The molecule has 3 rings (SSSR count). The van der Waals surface area contributed by atoms with Crippen LogP contribution in [0.4, 0.5) is 17.1 Å². The van der Waals surface area contributed by atoms with E-state index in [1.165, 1.54) is 12.1 Å². The van der Waals surface area contributed by atoms with Gasteiger partial charge in [-0.3, -0.25) is 20.2 Å². The standard InChI is InChI=1S/C17H11Br2N3O4/c18-13-8-15(22(25)26)17(12-6-2-1-5-11(12)13)20-9-10-4-3-7-14(16(10)19)21(23)24/h1-8,20H,9H2. The van der Waals surface area contributed by atoms with Crippen LogP contribution in [0.5, 0.6) is 0 Å². The van der Waals surface area contributed by atoms with Crippen LogP contribution in [0.2, 0.25) is 0 Å². The van der Waals surface area contributed by atoms with Crippen molar-refractivity contribution in [1.82, 2.24) is 0 Å². The number of nitrogens with zero attached hydrogens (tertiary/aromatic N) is 2. The number of nitrogens with one attached hydrogen (secondary N) is 1. The second-order valence-corrected chi connectivity index (χ2v) is 7.06. The Balaban J connectivity index is 2.06. The maximum Gasteiger partial charge on any atom is 0.294 e. The van der Waals surface area contributed by atoms with Gasteiger partial charge in [0.25, 0.3) is 11.4 Å². The molecule has 0 saturated carbocycles. The van der Waals surface area contributed by atoms with Crippen molar-refractivity contribution in [3.05, 3.63) is 83.3 Å². The molecule has 0 aliphatic rings. The lowest BCUT2D eigenvalue weighted by Crippen LogP contribution is -2.05. The van der Waals surface area contributed by atoms with E-state index in [0.717, 1.165) is 5.39 Å². The van der Waals surface area contributed by atoms with Crippen molar-refractivity contribution in [3.8, 4) is 0 Å². The molecule has 9 heteroatoms. The lowest BCUT2D eigenvalue weighted by atomic mass is 10.1. The van der Waals surface area contributed by atoms with Gasteiger partial charge in [0.15, 0.2) is 0 Å². The van der Waals surface area contributed by atoms with Crippen LogP contribution in [0.15, 0.2) is 57.5 Å². The molecule has 0 saturated heterocycles. The molecule has 0 fully saturated rings. The van der Waals surface area contributed by atoms with Crippen molar-refractivity contribution < 1.29 is 9.85 Å². The highest BCUT2D eigenvalue weighted by molar-refractivity contribution is 9.11. The Morgan fingerprint density at radius 3 is 2.19 bits per heavy atom. The fourth-order valence-corrected chi connectivity index (χ4v) is 3.79. The minimum absolute atomic E-state index is 0.0561. The molecule has 0 aliphatic carbocycles. The van der Waals surface area contributed by atoms with E-state index >= 15 is 0 Å². The summed E-state index contributed by atoms with van der Waals surface area (Å²) >= 11 is 6.61. The highest BCUT2D eigenvalue weighted by Gasteiger charge is 2.20. The Hall–Kier alpha value is -2.52. The third-order valence-electron chi connectivity index (χ3n) is 3.88. The van der Waals surface area contributed by atoms with Crippen molar-refractivity contribution in [2.45, 2.75) is 6.54 Å². The predicted octanol–water partition coefficient (Wildman–Crippen LogP) is 5.79. The maximum atomic E-state index is 11.5. The highest BCUT2D eigenvalue weighted by Crippen LogP contribution is 2.39. The van der Waals surface area contributed by atoms with E-state index in [1.807, 2.05) is 12.1 Å². The van der Waals surface area contributed by atoms with Gasteiger partial charge in [-0.15, -0.1) is 0 Å². The first kappa shape index (κ1) is 18.3. The number of nitro benzene ring substituents is 2. The Morgan fingerprint density at radius 1 is 0.885 bits per heavy atom. The van der Waals surface area contributed by atoms with E-state index in [-0.39, 0.29) is 17.9 Å². The third-order valence-corrected chi connectivity index (χ3v) is 5.45. The summed E-state index contributed by atoms with van der Waals surface area (Å²) in [6, 6.07) is 13.4. The molecule has 132 valence electrons. The van der Waals surface area contributed by atoms with Crippen LogP contribution in [0.3, 0.4) is 0 Å². The number of benzene rings is 3. The van der Waals surface area contributed by atoms with Gasteiger partial charge in [-0.1, -0.05) is 36.4 Å². The first-order chi connectivity index (χ1) is 12.4. The molecule has 3 aromatic rings. The van der Waals surface area contributed by atoms with Crippen molar-refractivity contribution in [1.29, 1.82) is 0 Å². The van der Waals surface area contributed by atoms with Gasteiger partial charge >= 0.3 is 0 Å². The summed E-state index contributed by atoms with van der Waals surface area (Å²) in [4.78, 5) is 21.6. The Morgan fingerprint density at radius 2 is 1.54 bits per heavy atom. The zero-order valence-corrected chi connectivity index (χ0v) is 16.3. The van der Waals surface area contributed by atoms with Crippen LogP contribution >= 0.6 is 31.9 Å². The first-order valence-corrected chi connectivity index (χ1v) is 9.00. The fraction of sp³-hybridized carbons (Fsp3) is 0.0588. The molecular weight excluding hydrogens is 470 g/mol. The van der Waals surface area contributed by atoms with Gasteiger partial charge in [-0.05, 0) is 42.8 Å². The van der Waals surface area contributed by atoms with E-state index in [2.05, 4.69) is 37.2 Å². The van der Waals surface area contributed by atoms with Crippen LogP contribution in [-0.2, 0) is 6.54 Å². The van der Waals surface area contributed by atoms with Crippen LogP contribution < -0.4 is 5.32 Å². The lowest BCUT2D eigenvalue weighted by Gasteiger charge is -2.13. The maximum absolute atomic E-state index is 11.5. The summed E-state index contributed by atoms with van der Waals surface area (Å²) in [6.07, 6.45) is 0. The number of anilines is 1. The van der Waals surface area contributed by atoms with Crippen molar-refractivity contribution in [2.24, 2.45) is 0 Å². The molecule has 0 amide bonds. The number of fused-ring (bicyclic) bond motifs is 1.